The number of carbonyl (C=O) groups excluding carboxylic acids is 2. The molecule has 0 unspecified atom stereocenters. The van der Waals surface area contributed by atoms with Crippen LogP contribution in [0.15, 0.2) is 59.5 Å². The zero-order chi connectivity index (χ0) is 23.3. The van der Waals surface area contributed by atoms with Crippen molar-refractivity contribution in [3.05, 3.63) is 70.3 Å². The molecule has 2 atom stereocenters. The third-order valence-corrected chi connectivity index (χ3v) is 7.17. The van der Waals surface area contributed by atoms with Crippen molar-refractivity contribution >= 4 is 27.6 Å². The fourth-order valence-corrected chi connectivity index (χ4v) is 5.29. The normalized spacial score (nSPS) is 17.5. The molecule has 170 valence electrons. The fraction of sp³-hybridized carbons (Fsp3) is 0.333. The molecule has 0 spiro atoms. The van der Waals surface area contributed by atoms with Crippen LogP contribution >= 0.6 is 0 Å². The van der Waals surface area contributed by atoms with Crippen LogP contribution in [0, 0.1) is 10.1 Å². The van der Waals surface area contributed by atoms with E-state index in [9.17, 15) is 28.1 Å². The molecule has 10 nitrogen and oxygen atoms in total. The van der Waals surface area contributed by atoms with Crippen LogP contribution < -0.4 is 5.32 Å². The van der Waals surface area contributed by atoms with Crippen molar-refractivity contribution in [3.8, 4) is 0 Å². The van der Waals surface area contributed by atoms with E-state index in [1.807, 2.05) is 0 Å². The quantitative estimate of drug-likeness (QED) is 0.359. The lowest BCUT2D eigenvalue weighted by Crippen LogP contribution is -2.51. The van der Waals surface area contributed by atoms with E-state index in [1.54, 1.807) is 18.2 Å². The Balaban J connectivity index is 1.76. The summed E-state index contributed by atoms with van der Waals surface area (Å²) in [6.07, 6.45) is 0.868. The minimum absolute atomic E-state index is 0.0363. The van der Waals surface area contributed by atoms with Gasteiger partial charge in [0.05, 0.1) is 16.9 Å². The number of nitro groups is 1. The van der Waals surface area contributed by atoms with Crippen molar-refractivity contribution in [1.29, 1.82) is 0 Å². The Hall–Kier alpha value is -3.31. The summed E-state index contributed by atoms with van der Waals surface area (Å²) < 4.78 is 31.9. The number of sulfonamides is 1. The first-order valence-corrected chi connectivity index (χ1v) is 11.4. The molecule has 0 aromatic heterocycles. The smallest absolute Gasteiger partial charge is 0.328 e. The first-order chi connectivity index (χ1) is 15.2. The first-order valence-electron chi connectivity index (χ1n) is 9.92. The number of rotatable bonds is 8. The van der Waals surface area contributed by atoms with Crippen molar-refractivity contribution in [2.75, 3.05) is 13.7 Å². The predicted molar refractivity (Wildman–Crippen MR) is 114 cm³/mol. The number of benzene rings is 2. The summed E-state index contributed by atoms with van der Waals surface area (Å²) in [4.78, 5) is 35.6. The lowest BCUT2D eigenvalue weighted by atomic mass is 10.0. The summed E-state index contributed by atoms with van der Waals surface area (Å²) in [5.74, 6) is -1.30. The second-order valence-electron chi connectivity index (χ2n) is 7.30. The molecule has 1 saturated heterocycles. The molecule has 0 saturated carbocycles. The highest BCUT2D eigenvalue weighted by atomic mass is 32.2. The number of ether oxygens (including phenoxy) is 1. The van der Waals surface area contributed by atoms with Crippen LogP contribution in [0.25, 0.3) is 0 Å². The van der Waals surface area contributed by atoms with Gasteiger partial charge in [-0.2, -0.15) is 4.31 Å². The minimum Gasteiger partial charge on any atom is -0.467 e. The van der Waals surface area contributed by atoms with Gasteiger partial charge in [0.15, 0.2) is 0 Å². The summed E-state index contributed by atoms with van der Waals surface area (Å²) in [5, 5.41) is 13.4. The van der Waals surface area contributed by atoms with E-state index >= 15 is 0 Å². The monoisotopic (exact) mass is 461 g/mol. The zero-order valence-electron chi connectivity index (χ0n) is 17.3. The molecule has 0 radical (unpaired) electrons. The van der Waals surface area contributed by atoms with Gasteiger partial charge < -0.3 is 10.1 Å². The standard InChI is InChI=1S/C21H23N3O7S/c1-31-21(26)18(14-15-9-11-16(12-10-15)24(27)28)22-20(25)19-8-5-13-23(19)32(29,30)17-6-3-2-4-7-17/h2-4,6-7,9-12,18-19H,5,8,13-14H2,1H3,(H,22,25)/t18-,19-/m0/s1. The molecular formula is C21H23N3O7S. The largest absolute Gasteiger partial charge is 0.467 e. The van der Waals surface area contributed by atoms with Gasteiger partial charge in [0.2, 0.25) is 15.9 Å². The maximum Gasteiger partial charge on any atom is 0.328 e. The first kappa shape index (κ1) is 23.4. The van der Waals surface area contributed by atoms with Gasteiger partial charge in [0, 0.05) is 25.1 Å². The highest BCUT2D eigenvalue weighted by molar-refractivity contribution is 7.89. The summed E-state index contributed by atoms with van der Waals surface area (Å²) in [6, 6.07) is 11.4. The summed E-state index contributed by atoms with van der Waals surface area (Å²) in [5.41, 5.74) is 0.478. The predicted octanol–water partition coefficient (Wildman–Crippen LogP) is 1.65. The molecule has 1 N–H and O–H groups in total. The lowest BCUT2D eigenvalue weighted by molar-refractivity contribution is -0.384. The second kappa shape index (κ2) is 9.88. The Morgan fingerprint density at radius 3 is 2.44 bits per heavy atom. The number of nitrogens with zero attached hydrogens (tertiary/aromatic N) is 2. The van der Waals surface area contributed by atoms with E-state index in [-0.39, 0.29) is 23.5 Å². The van der Waals surface area contributed by atoms with Crippen LogP contribution in [0.4, 0.5) is 5.69 Å². The third kappa shape index (κ3) is 5.11. The molecule has 2 aromatic rings. The fourth-order valence-electron chi connectivity index (χ4n) is 3.61. The Kier molecular flexibility index (Phi) is 7.21. The third-order valence-electron chi connectivity index (χ3n) is 5.25. The molecule has 1 heterocycles. The molecule has 32 heavy (non-hydrogen) atoms. The number of non-ortho nitro benzene ring substituents is 1. The number of methoxy groups -OCH3 is 1. The number of nitro benzene ring substituents is 1. The average molecular weight is 461 g/mol. The Morgan fingerprint density at radius 2 is 1.84 bits per heavy atom. The van der Waals surface area contributed by atoms with Gasteiger partial charge in [0.1, 0.15) is 12.1 Å². The van der Waals surface area contributed by atoms with Gasteiger partial charge in [-0.3, -0.25) is 14.9 Å². The maximum atomic E-state index is 13.0. The van der Waals surface area contributed by atoms with Crippen molar-refractivity contribution in [3.63, 3.8) is 0 Å². The summed E-state index contributed by atoms with van der Waals surface area (Å²) >= 11 is 0. The minimum atomic E-state index is -3.87. The molecule has 1 fully saturated rings. The molecule has 0 bridgehead atoms. The lowest BCUT2D eigenvalue weighted by Gasteiger charge is -2.25. The molecule has 1 amide bonds. The van der Waals surface area contributed by atoms with Gasteiger partial charge in [0.25, 0.3) is 5.69 Å². The number of hydrogen-bond acceptors (Lipinski definition) is 7. The van der Waals surface area contributed by atoms with Crippen LogP contribution in [0.1, 0.15) is 18.4 Å². The molecule has 3 rings (SSSR count). The Labute approximate surface area is 185 Å². The average Bonchev–Trinajstić information content (AvgIpc) is 3.30. The molecule has 11 heteroatoms. The Morgan fingerprint density at radius 1 is 1.19 bits per heavy atom. The van der Waals surface area contributed by atoms with Crippen molar-refractivity contribution in [1.82, 2.24) is 9.62 Å². The number of hydrogen-bond donors (Lipinski definition) is 1. The van der Waals surface area contributed by atoms with Gasteiger partial charge in [-0.1, -0.05) is 30.3 Å². The van der Waals surface area contributed by atoms with E-state index in [4.69, 9.17) is 4.74 Å². The van der Waals surface area contributed by atoms with Crippen molar-refractivity contribution in [2.24, 2.45) is 0 Å². The van der Waals surface area contributed by atoms with Crippen LogP contribution in [-0.4, -0.2) is 55.3 Å². The van der Waals surface area contributed by atoms with E-state index in [0.717, 1.165) is 4.31 Å². The van der Waals surface area contributed by atoms with Gasteiger partial charge >= 0.3 is 5.97 Å². The highest BCUT2D eigenvalue weighted by Gasteiger charge is 2.40. The van der Waals surface area contributed by atoms with E-state index in [2.05, 4.69) is 5.32 Å². The Bertz CT molecular complexity index is 1090. The summed E-state index contributed by atoms with van der Waals surface area (Å²) in [7, 11) is -2.69. The van der Waals surface area contributed by atoms with Gasteiger partial charge in [-0.15, -0.1) is 0 Å². The van der Waals surface area contributed by atoms with E-state index in [1.165, 1.54) is 43.5 Å². The SMILES string of the molecule is COC(=O)[C@H](Cc1ccc([N+](=O)[O-])cc1)NC(=O)[C@@H]1CCCN1S(=O)(=O)c1ccccc1. The molecule has 1 aliphatic rings. The molecule has 1 aliphatic heterocycles. The molecule has 2 aromatic carbocycles. The van der Waals surface area contributed by atoms with Gasteiger partial charge in [-0.05, 0) is 30.5 Å². The highest BCUT2D eigenvalue weighted by Crippen LogP contribution is 2.26. The van der Waals surface area contributed by atoms with Crippen LogP contribution in [-0.2, 0) is 30.8 Å². The van der Waals surface area contributed by atoms with Crippen LogP contribution in [0.5, 0.6) is 0 Å². The van der Waals surface area contributed by atoms with E-state index in [0.29, 0.717) is 18.4 Å². The summed E-state index contributed by atoms with van der Waals surface area (Å²) in [6.45, 7) is 0.195. The maximum absolute atomic E-state index is 13.0. The number of esters is 1. The van der Waals surface area contributed by atoms with Gasteiger partial charge in [-0.25, -0.2) is 13.2 Å². The van der Waals surface area contributed by atoms with E-state index < -0.39 is 38.9 Å². The zero-order valence-corrected chi connectivity index (χ0v) is 18.2. The number of nitrogens with one attached hydrogen (secondary N) is 1. The topological polar surface area (TPSA) is 136 Å². The number of amides is 1. The molecule has 0 aliphatic carbocycles. The molecular weight excluding hydrogens is 438 g/mol. The van der Waals surface area contributed by atoms with Crippen molar-refractivity contribution < 1.29 is 27.7 Å². The second-order valence-corrected chi connectivity index (χ2v) is 9.19. The van der Waals surface area contributed by atoms with Crippen LogP contribution in [0.3, 0.4) is 0 Å². The van der Waals surface area contributed by atoms with Crippen molar-refractivity contribution in [2.45, 2.75) is 36.2 Å². The van der Waals surface area contributed by atoms with Crippen LogP contribution in [0.2, 0.25) is 0 Å². The number of carbonyl (C=O) groups is 2.